The van der Waals surface area contributed by atoms with Crippen molar-refractivity contribution in [2.45, 2.75) is 13.1 Å². The van der Waals surface area contributed by atoms with E-state index in [1.165, 1.54) is 22.9 Å². The zero-order chi connectivity index (χ0) is 20.9. The summed E-state index contributed by atoms with van der Waals surface area (Å²) in [6, 6.07) is 16.2. The van der Waals surface area contributed by atoms with Crippen molar-refractivity contribution in [2.24, 2.45) is 0 Å². The maximum atomic E-state index is 14.1. The van der Waals surface area contributed by atoms with E-state index in [9.17, 15) is 13.6 Å². The third kappa shape index (κ3) is 4.33. The molecule has 0 aliphatic heterocycles. The minimum absolute atomic E-state index is 0.186. The number of H-pyrrole nitrogens is 1. The van der Waals surface area contributed by atoms with Crippen molar-refractivity contribution in [3.63, 3.8) is 0 Å². The largest absolute Gasteiger partial charge is 0.311 e. The number of nitrogens with zero attached hydrogens (tertiary/aromatic N) is 3. The van der Waals surface area contributed by atoms with Crippen LogP contribution >= 0.6 is 0 Å². The number of benzene rings is 2. The summed E-state index contributed by atoms with van der Waals surface area (Å²) in [6.07, 6.45) is 1.59. The Morgan fingerprint density at radius 2 is 1.87 bits per heavy atom. The van der Waals surface area contributed by atoms with Gasteiger partial charge >= 0.3 is 0 Å². The summed E-state index contributed by atoms with van der Waals surface area (Å²) in [5.41, 5.74) is 2.94. The fourth-order valence-electron chi connectivity index (χ4n) is 3.15. The van der Waals surface area contributed by atoms with Gasteiger partial charge in [0.2, 0.25) is 0 Å². The number of nitrogens with one attached hydrogen (secondary N) is 2. The molecule has 0 saturated heterocycles. The zero-order valence-electron chi connectivity index (χ0n) is 16.0. The number of hydrogen-bond donors (Lipinski definition) is 2. The number of aromatic amines is 1. The van der Waals surface area contributed by atoms with Gasteiger partial charge < -0.3 is 5.32 Å². The van der Waals surface area contributed by atoms with Crippen LogP contribution < -0.4 is 10.9 Å². The van der Waals surface area contributed by atoms with Crippen molar-refractivity contribution < 1.29 is 8.78 Å². The smallest absolute Gasteiger partial charge is 0.266 e. The van der Waals surface area contributed by atoms with Crippen molar-refractivity contribution >= 4 is 0 Å². The summed E-state index contributed by atoms with van der Waals surface area (Å²) in [4.78, 5) is 12.1. The zero-order valence-corrected chi connectivity index (χ0v) is 16.0. The van der Waals surface area contributed by atoms with Crippen molar-refractivity contribution in [2.75, 3.05) is 6.54 Å². The van der Waals surface area contributed by atoms with Gasteiger partial charge in [0.25, 0.3) is 5.56 Å². The fraction of sp³-hybridized carbons (Fsp3) is 0.136. The molecule has 2 heterocycles. The molecule has 0 aliphatic rings. The maximum Gasteiger partial charge on any atom is 0.266 e. The van der Waals surface area contributed by atoms with Gasteiger partial charge in [-0.15, -0.1) is 0 Å². The topological polar surface area (TPSA) is 75.6 Å². The van der Waals surface area contributed by atoms with Crippen LogP contribution in [0.5, 0.6) is 0 Å². The summed E-state index contributed by atoms with van der Waals surface area (Å²) in [5, 5.41) is 14.4. The van der Waals surface area contributed by atoms with Crippen molar-refractivity contribution in [3.8, 4) is 22.5 Å². The van der Waals surface area contributed by atoms with E-state index in [4.69, 9.17) is 0 Å². The highest BCUT2D eigenvalue weighted by Gasteiger charge is 2.13. The van der Waals surface area contributed by atoms with Crippen LogP contribution in [-0.4, -0.2) is 26.5 Å². The van der Waals surface area contributed by atoms with E-state index in [2.05, 4.69) is 20.6 Å². The van der Waals surface area contributed by atoms with Crippen LogP contribution in [0.1, 0.15) is 5.56 Å². The van der Waals surface area contributed by atoms with Crippen LogP contribution in [0.2, 0.25) is 0 Å². The molecule has 0 spiro atoms. The van der Waals surface area contributed by atoms with E-state index < -0.39 is 11.6 Å². The van der Waals surface area contributed by atoms with Crippen LogP contribution in [0.4, 0.5) is 8.78 Å². The molecule has 0 unspecified atom stereocenters. The van der Waals surface area contributed by atoms with E-state index in [-0.39, 0.29) is 11.1 Å². The fourth-order valence-corrected chi connectivity index (χ4v) is 3.15. The molecule has 0 atom stereocenters. The van der Waals surface area contributed by atoms with E-state index in [0.29, 0.717) is 25.3 Å². The Morgan fingerprint density at radius 1 is 1.03 bits per heavy atom. The predicted octanol–water partition coefficient (Wildman–Crippen LogP) is 3.37. The first-order valence-electron chi connectivity index (χ1n) is 9.44. The van der Waals surface area contributed by atoms with Gasteiger partial charge in [-0.2, -0.15) is 10.2 Å². The standard InChI is InChI=1S/C22H19F2N5O/c23-17-6-7-18(19(24)12-17)22-16(14-26-27-22)13-25-10-11-29-21(30)9-8-20(28-29)15-4-2-1-3-5-15/h1-9,12,14,25H,10-11,13H2,(H,26,27). The van der Waals surface area contributed by atoms with Gasteiger partial charge in [-0.1, -0.05) is 30.3 Å². The molecule has 8 heteroatoms. The van der Waals surface area contributed by atoms with Gasteiger partial charge in [0.05, 0.1) is 24.1 Å². The van der Waals surface area contributed by atoms with Gasteiger partial charge in [-0.05, 0) is 18.2 Å². The molecule has 0 bridgehead atoms. The van der Waals surface area contributed by atoms with E-state index in [1.807, 2.05) is 30.3 Å². The Kier molecular flexibility index (Phi) is 5.76. The monoisotopic (exact) mass is 407 g/mol. The van der Waals surface area contributed by atoms with Crippen LogP contribution in [0.25, 0.3) is 22.5 Å². The molecular formula is C22H19F2N5O. The second-order valence-corrected chi connectivity index (χ2v) is 6.72. The lowest BCUT2D eigenvalue weighted by atomic mass is 10.1. The highest BCUT2D eigenvalue weighted by Crippen LogP contribution is 2.24. The molecule has 0 aliphatic carbocycles. The average Bonchev–Trinajstić information content (AvgIpc) is 3.21. The highest BCUT2D eigenvalue weighted by molar-refractivity contribution is 5.63. The minimum atomic E-state index is -0.658. The molecule has 2 aromatic heterocycles. The summed E-state index contributed by atoms with van der Waals surface area (Å²) in [7, 11) is 0. The maximum absolute atomic E-state index is 14.1. The first-order valence-corrected chi connectivity index (χ1v) is 9.44. The molecule has 4 rings (SSSR count). The van der Waals surface area contributed by atoms with E-state index in [0.717, 1.165) is 22.9 Å². The van der Waals surface area contributed by atoms with Gasteiger partial charge in [-0.3, -0.25) is 9.89 Å². The summed E-state index contributed by atoms with van der Waals surface area (Å²) < 4.78 is 28.6. The molecule has 0 fully saturated rings. The molecule has 152 valence electrons. The molecule has 2 aromatic carbocycles. The molecule has 2 N–H and O–H groups in total. The van der Waals surface area contributed by atoms with E-state index >= 15 is 0 Å². The van der Waals surface area contributed by atoms with Gasteiger partial charge in [0, 0.05) is 41.9 Å². The van der Waals surface area contributed by atoms with Gasteiger partial charge in [-0.25, -0.2) is 13.5 Å². The molecular weight excluding hydrogens is 388 g/mol. The molecule has 4 aromatic rings. The third-order valence-corrected chi connectivity index (χ3v) is 4.67. The molecule has 30 heavy (non-hydrogen) atoms. The summed E-state index contributed by atoms with van der Waals surface area (Å²) in [5.74, 6) is -1.29. The van der Waals surface area contributed by atoms with Crippen LogP contribution in [-0.2, 0) is 13.1 Å². The third-order valence-electron chi connectivity index (χ3n) is 4.67. The number of aromatic nitrogens is 4. The molecule has 0 radical (unpaired) electrons. The Hall–Kier alpha value is -3.65. The Morgan fingerprint density at radius 3 is 2.67 bits per heavy atom. The molecule has 0 saturated carbocycles. The number of hydrogen-bond acceptors (Lipinski definition) is 4. The van der Waals surface area contributed by atoms with Crippen molar-refractivity contribution in [3.05, 3.63) is 94.4 Å². The second-order valence-electron chi connectivity index (χ2n) is 6.72. The number of rotatable bonds is 7. The normalized spacial score (nSPS) is 11.0. The first kappa shape index (κ1) is 19.7. The Labute approximate surface area is 171 Å². The van der Waals surface area contributed by atoms with Crippen LogP contribution in [0.15, 0.2) is 71.7 Å². The average molecular weight is 407 g/mol. The van der Waals surface area contributed by atoms with Crippen molar-refractivity contribution in [1.29, 1.82) is 0 Å². The lowest BCUT2D eigenvalue weighted by Crippen LogP contribution is -2.28. The Balaban J connectivity index is 1.41. The van der Waals surface area contributed by atoms with E-state index in [1.54, 1.807) is 12.3 Å². The molecule has 0 amide bonds. The quantitative estimate of drug-likeness (QED) is 0.461. The summed E-state index contributed by atoms with van der Waals surface area (Å²) >= 11 is 0. The van der Waals surface area contributed by atoms with Crippen LogP contribution in [0, 0.1) is 11.6 Å². The lowest BCUT2D eigenvalue weighted by Gasteiger charge is -2.09. The Bertz CT molecular complexity index is 1200. The predicted molar refractivity (Wildman–Crippen MR) is 110 cm³/mol. The van der Waals surface area contributed by atoms with Gasteiger partial charge in [0.1, 0.15) is 11.6 Å². The number of halogens is 2. The minimum Gasteiger partial charge on any atom is -0.311 e. The van der Waals surface area contributed by atoms with Gasteiger partial charge in [0.15, 0.2) is 0 Å². The lowest BCUT2D eigenvalue weighted by molar-refractivity contribution is 0.534. The molecule has 6 nitrogen and oxygen atoms in total. The SMILES string of the molecule is O=c1ccc(-c2ccccc2)nn1CCNCc1cn[nH]c1-c1ccc(F)cc1F. The highest BCUT2D eigenvalue weighted by atomic mass is 19.1. The first-order chi connectivity index (χ1) is 14.6. The van der Waals surface area contributed by atoms with Crippen LogP contribution in [0.3, 0.4) is 0 Å². The summed E-state index contributed by atoms with van der Waals surface area (Å²) in [6.45, 7) is 1.25. The second kappa shape index (κ2) is 8.79. The van der Waals surface area contributed by atoms with Crippen molar-refractivity contribution in [1.82, 2.24) is 25.3 Å².